The molecular weight excluding hydrogens is 372 g/mol. The van der Waals surface area contributed by atoms with Crippen molar-refractivity contribution in [2.45, 2.75) is 11.3 Å². The van der Waals surface area contributed by atoms with E-state index in [1.54, 1.807) is 0 Å². The third-order valence-corrected chi connectivity index (χ3v) is 6.75. The Hall–Kier alpha value is -3.86. The van der Waals surface area contributed by atoms with E-state index >= 15 is 0 Å². The van der Waals surface area contributed by atoms with Crippen LogP contribution in [0.1, 0.15) is 28.2 Å². The maximum Gasteiger partial charge on any atom is 0.0633 e. The molecule has 0 fully saturated rings. The molecule has 0 aliphatic heterocycles. The molecule has 4 aromatic rings. The molecule has 0 heterocycles. The van der Waals surface area contributed by atoms with Gasteiger partial charge in [0.1, 0.15) is 0 Å². The number of benzene rings is 4. The van der Waals surface area contributed by atoms with Crippen LogP contribution in [0.5, 0.6) is 0 Å². The van der Waals surface area contributed by atoms with Gasteiger partial charge in [-0.15, -0.1) is 5.73 Å². The summed E-state index contributed by atoms with van der Waals surface area (Å²) in [6, 6.07) is 39.7. The van der Waals surface area contributed by atoms with E-state index < -0.39 is 0 Å². The van der Waals surface area contributed by atoms with Gasteiger partial charge in [0.05, 0.1) is 5.41 Å². The zero-order valence-corrected chi connectivity index (χ0v) is 17.2. The second-order valence-electron chi connectivity index (χ2n) is 8.23. The minimum absolute atomic E-state index is 0.156. The Bertz CT molecular complexity index is 1260. The molecule has 0 bridgehead atoms. The van der Waals surface area contributed by atoms with Gasteiger partial charge < -0.3 is 0 Å². The molecule has 6 rings (SSSR count). The van der Waals surface area contributed by atoms with Crippen molar-refractivity contribution >= 4 is 0 Å². The first-order valence-corrected chi connectivity index (χ1v) is 10.8. The van der Waals surface area contributed by atoms with Crippen molar-refractivity contribution in [3.05, 3.63) is 161 Å². The van der Waals surface area contributed by atoms with Crippen molar-refractivity contribution in [1.82, 2.24) is 0 Å². The molecule has 4 aromatic carbocycles. The van der Waals surface area contributed by atoms with Gasteiger partial charge in [-0.1, -0.05) is 115 Å². The van der Waals surface area contributed by atoms with Gasteiger partial charge in [-0.3, -0.25) is 0 Å². The molecule has 31 heavy (non-hydrogen) atoms. The Morgan fingerprint density at radius 1 is 0.548 bits per heavy atom. The van der Waals surface area contributed by atoms with Crippen molar-refractivity contribution in [1.29, 1.82) is 0 Å². The van der Waals surface area contributed by atoms with E-state index in [1.165, 1.54) is 39.0 Å². The molecular formula is C31H22. The van der Waals surface area contributed by atoms with Gasteiger partial charge in [0.25, 0.3) is 0 Å². The number of allylic oxidation sites excluding steroid dienone is 3. The van der Waals surface area contributed by atoms with Crippen LogP contribution in [0.3, 0.4) is 0 Å². The molecule has 0 atom stereocenters. The predicted molar refractivity (Wildman–Crippen MR) is 128 cm³/mol. The van der Waals surface area contributed by atoms with Crippen molar-refractivity contribution in [3.63, 3.8) is 0 Å². The molecule has 146 valence electrons. The number of hydrogen-bond donors (Lipinski definition) is 0. The van der Waals surface area contributed by atoms with E-state index in [0.717, 1.165) is 0 Å². The fraction of sp³-hybridized carbons (Fsp3) is 0.0645. The van der Waals surface area contributed by atoms with Crippen LogP contribution in [-0.2, 0) is 5.41 Å². The Labute approximate surface area is 183 Å². The van der Waals surface area contributed by atoms with Crippen molar-refractivity contribution in [2.75, 3.05) is 0 Å². The van der Waals surface area contributed by atoms with Crippen LogP contribution in [0.25, 0.3) is 11.1 Å². The van der Waals surface area contributed by atoms with E-state index in [1.807, 2.05) is 6.08 Å². The van der Waals surface area contributed by atoms with Gasteiger partial charge in [0.15, 0.2) is 0 Å². The largest absolute Gasteiger partial charge is 0.116 e. The Morgan fingerprint density at radius 2 is 1.03 bits per heavy atom. The zero-order valence-electron chi connectivity index (χ0n) is 17.2. The molecule has 2 aliphatic carbocycles. The van der Waals surface area contributed by atoms with Crippen LogP contribution in [-0.4, -0.2) is 0 Å². The van der Waals surface area contributed by atoms with Crippen LogP contribution in [0.4, 0.5) is 0 Å². The molecule has 0 amide bonds. The van der Waals surface area contributed by atoms with E-state index in [-0.39, 0.29) is 11.3 Å². The third-order valence-electron chi connectivity index (χ3n) is 6.75. The summed E-state index contributed by atoms with van der Waals surface area (Å²) >= 11 is 0. The van der Waals surface area contributed by atoms with Gasteiger partial charge in [-0.2, -0.15) is 0 Å². The average Bonchev–Trinajstić information content (AvgIpc) is 3.49. The van der Waals surface area contributed by atoms with Gasteiger partial charge in [-0.05, 0) is 45.5 Å². The Morgan fingerprint density at radius 3 is 1.52 bits per heavy atom. The van der Waals surface area contributed by atoms with E-state index in [0.29, 0.717) is 0 Å². The molecule has 0 radical (unpaired) electrons. The summed E-state index contributed by atoms with van der Waals surface area (Å²) in [7, 11) is 0. The summed E-state index contributed by atoms with van der Waals surface area (Å²) in [5.41, 5.74) is 12.5. The SMILES string of the molecule is C1=CC=CC=1C(c1ccccc1)(c1ccccc1)C1c2ccccc2-c2ccccc21. The first-order valence-electron chi connectivity index (χ1n) is 10.8. The second-order valence-corrected chi connectivity index (χ2v) is 8.23. The summed E-state index contributed by atoms with van der Waals surface area (Å²) in [5, 5.41) is 0. The minimum Gasteiger partial charge on any atom is -0.116 e. The lowest BCUT2D eigenvalue weighted by Gasteiger charge is -2.42. The molecule has 0 N–H and O–H groups in total. The van der Waals surface area contributed by atoms with E-state index in [9.17, 15) is 0 Å². The number of rotatable bonds is 4. The maximum atomic E-state index is 3.61. The summed E-state index contributed by atoms with van der Waals surface area (Å²) in [4.78, 5) is 0. The van der Waals surface area contributed by atoms with Gasteiger partial charge in [-0.25, -0.2) is 0 Å². The smallest absolute Gasteiger partial charge is 0.0633 e. The zero-order chi connectivity index (χ0) is 20.7. The van der Waals surface area contributed by atoms with Crippen LogP contribution in [0.2, 0.25) is 0 Å². The predicted octanol–water partition coefficient (Wildman–Crippen LogP) is 7.44. The Balaban J connectivity index is 1.78. The molecule has 0 saturated heterocycles. The first-order chi connectivity index (χ1) is 15.4. The number of hydrogen-bond acceptors (Lipinski definition) is 0. The topological polar surface area (TPSA) is 0 Å². The molecule has 0 heteroatoms. The van der Waals surface area contributed by atoms with Gasteiger partial charge in [0, 0.05) is 11.5 Å². The van der Waals surface area contributed by atoms with Gasteiger partial charge >= 0.3 is 0 Å². The summed E-state index contributed by atoms with van der Waals surface area (Å²) in [6.07, 6.45) is 6.40. The molecule has 0 saturated carbocycles. The van der Waals surface area contributed by atoms with Gasteiger partial charge in [0.2, 0.25) is 0 Å². The highest BCUT2D eigenvalue weighted by Gasteiger charge is 2.49. The summed E-state index contributed by atoms with van der Waals surface area (Å²) in [5.74, 6) is 0.156. The van der Waals surface area contributed by atoms with Crippen LogP contribution >= 0.6 is 0 Å². The van der Waals surface area contributed by atoms with Crippen molar-refractivity contribution in [2.24, 2.45) is 0 Å². The van der Waals surface area contributed by atoms with Crippen molar-refractivity contribution in [3.8, 4) is 11.1 Å². The summed E-state index contributed by atoms with van der Waals surface area (Å²) in [6.45, 7) is 0. The van der Waals surface area contributed by atoms with E-state index in [2.05, 4.69) is 127 Å². The lowest BCUT2D eigenvalue weighted by Crippen LogP contribution is -2.36. The molecule has 0 nitrogen and oxygen atoms in total. The quantitative estimate of drug-likeness (QED) is 0.316. The third kappa shape index (κ3) is 2.56. The molecule has 0 spiro atoms. The minimum atomic E-state index is -0.380. The van der Waals surface area contributed by atoms with Crippen LogP contribution in [0, 0.1) is 0 Å². The molecule has 0 unspecified atom stereocenters. The highest BCUT2D eigenvalue weighted by Crippen LogP contribution is 2.59. The van der Waals surface area contributed by atoms with Crippen LogP contribution < -0.4 is 0 Å². The van der Waals surface area contributed by atoms with Crippen molar-refractivity contribution < 1.29 is 0 Å². The highest BCUT2D eigenvalue weighted by atomic mass is 14.5. The lowest BCUT2D eigenvalue weighted by atomic mass is 9.59. The molecule has 0 aromatic heterocycles. The first kappa shape index (κ1) is 18.0. The van der Waals surface area contributed by atoms with Crippen LogP contribution in [0.15, 0.2) is 139 Å². The fourth-order valence-corrected chi connectivity index (χ4v) is 5.57. The fourth-order valence-electron chi connectivity index (χ4n) is 5.57. The average molecular weight is 395 g/mol. The second kappa shape index (κ2) is 7.13. The lowest BCUT2D eigenvalue weighted by molar-refractivity contribution is 0.546. The van der Waals surface area contributed by atoms with E-state index in [4.69, 9.17) is 0 Å². The Kier molecular flexibility index (Phi) is 4.13. The standard InChI is InChI=1S/C31H22/c1-3-13-23(14-4-1)31(25-17-7-8-18-25,24-15-5-2-6-16-24)30-28-21-11-9-19-26(28)27-20-10-12-22-29(27)30/h1-17,19-22,30H. The summed E-state index contributed by atoms with van der Waals surface area (Å²) < 4.78 is 0. The molecule has 2 aliphatic rings. The highest BCUT2D eigenvalue weighted by molar-refractivity contribution is 5.81. The monoisotopic (exact) mass is 394 g/mol. The number of fused-ring (bicyclic) bond motifs is 3. The maximum absolute atomic E-state index is 3.61. The normalized spacial score (nSPS) is 14.4.